The van der Waals surface area contributed by atoms with Gasteiger partial charge >= 0.3 is 0 Å². The number of amides is 1. The van der Waals surface area contributed by atoms with Gasteiger partial charge in [-0.05, 0) is 44.2 Å². The molecule has 1 heterocycles. The lowest BCUT2D eigenvalue weighted by Gasteiger charge is -2.34. The molecule has 4 heteroatoms. The molecule has 0 spiro atoms. The molecule has 1 aliphatic carbocycles. The Kier molecular flexibility index (Phi) is 4.24. The highest BCUT2D eigenvalue weighted by molar-refractivity contribution is 5.98. The average molecular weight is 290 g/mol. The molecule has 1 aromatic carbocycles. The fourth-order valence-electron chi connectivity index (χ4n) is 3.20. The highest BCUT2D eigenvalue weighted by atomic mass is 19.1. The van der Waals surface area contributed by atoms with Gasteiger partial charge in [-0.15, -0.1) is 0 Å². The Bertz CT molecular complexity index is 515. The van der Waals surface area contributed by atoms with Gasteiger partial charge in [-0.1, -0.05) is 25.0 Å². The van der Waals surface area contributed by atoms with E-state index < -0.39 is 0 Å². The molecule has 114 valence electrons. The van der Waals surface area contributed by atoms with Crippen molar-refractivity contribution in [1.82, 2.24) is 5.32 Å². The number of halogens is 1. The normalized spacial score (nSPS) is 24.2. The topological polar surface area (TPSA) is 32.3 Å². The summed E-state index contributed by atoms with van der Waals surface area (Å²) in [5.41, 5.74) is 0.406. The Morgan fingerprint density at radius 2 is 2.10 bits per heavy atom. The third kappa shape index (κ3) is 3.43. The second-order valence-electron chi connectivity index (χ2n) is 6.38. The third-order valence-electron chi connectivity index (χ3n) is 4.45. The van der Waals surface area contributed by atoms with Crippen LogP contribution >= 0.6 is 0 Å². The first-order valence-corrected chi connectivity index (χ1v) is 7.97. The highest BCUT2D eigenvalue weighted by Crippen LogP contribution is 2.33. The summed E-state index contributed by atoms with van der Waals surface area (Å²) in [6, 6.07) is 6.71. The summed E-state index contributed by atoms with van der Waals surface area (Å²) in [4.78, 5) is 14.2. The number of nitrogens with one attached hydrogen (secondary N) is 1. The van der Waals surface area contributed by atoms with Crippen LogP contribution in [0.15, 0.2) is 24.3 Å². The summed E-state index contributed by atoms with van der Waals surface area (Å²) >= 11 is 0. The zero-order valence-electron chi connectivity index (χ0n) is 12.5. The molecule has 1 saturated carbocycles. The number of nitrogens with zero attached hydrogens (tertiary/aromatic N) is 1. The van der Waals surface area contributed by atoms with E-state index in [0.29, 0.717) is 18.3 Å². The van der Waals surface area contributed by atoms with Crippen LogP contribution in [0.25, 0.3) is 0 Å². The molecule has 3 rings (SSSR count). The Morgan fingerprint density at radius 1 is 1.33 bits per heavy atom. The summed E-state index contributed by atoms with van der Waals surface area (Å²) < 4.78 is 13.9. The van der Waals surface area contributed by atoms with E-state index in [1.807, 2.05) is 0 Å². The SMILES string of the molecule is C[C@@H](CC1CC1)N[C@@H]1CCCN(c2ccccc2F)C1=O. The second-order valence-corrected chi connectivity index (χ2v) is 6.38. The number of benzene rings is 1. The van der Waals surface area contributed by atoms with E-state index >= 15 is 0 Å². The predicted molar refractivity (Wildman–Crippen MR) is 81.7 cm³/mol. The summed E-state index contributed by atoms with van der Waals surface area (Å²) in [5.74, 6) is 0.528. The largest absolute Gasteiger partial charge is 0.308 e. The van der Waals surface area contributed by atoms with Crippen molar-refractivity contribution in [2.45, 2.75) is 51.1 Å². The van der Waals surface area contributed by atoms with Crippen LogP contribution in [0.1, 0.15) is 39.0 Å². The summed E-state index contributed by atoms with van der Waals surface area (Å²) in [7, 11) is 0. The van der Waals surface area contributed by atoms with E-state index in [4.69, 9.17) is 0 Å². The molecular weight excluding hydrogens is 267 g/mol. The molecule has 2 atom stereocenters. The van der Waals surface area contributed by atoms with Crippen LogP contribution in [0.2, 0.25) is 0 Å². The lowest BCUT2D eigenvalue weighted by Crippen LogP contribution is -2.53. The van der Waals surface area contributed by atoms with Crippen LogP contribution in [0, 0.1) is 11.7 Å². The monoisotopic (exact) mass is 290 g/mol. The average Bonchev–Trinajstić information content (AvgIpc) is 3.26. The maximum atomic E-state index is 13.9. The number of hydrogen-bond donors (Lipinski definition) is 1. The van der Waals surface area contributed by atoms with E-state index in [1.165, 1.54) is 18.9 Å². The zero-order chi connectivity index (χ0) is 14.8. The van der Waals surface area contributed by atoms with Gasteiger partial charge in [0, 0.05) is 12.6 Å². The molecule has 21 heavy (non-hydrogen) atoms. The van der Waals surface area contributed by atoms with Crippen molar-refractivity contribution < 1.29 is 9.18 Å². The molecule has 1 aromatic rings. The van der Waals surface area contributed by atoms with E-state index in [0.717, 1.165) is 25.2 Å². The minimum Gasteiger partial charge on any atom is -0.308 e. The van der Waals surface area contributed by atoms with Crippen molar-refractivity contribution in [2.24, 2.45) is 5.92 Å². The molecule has 0 bridgehead atoms. The highest BCUT2D eigenvalue weighted by Gasteiger charge is 2.32. The molecule has 3 nitrogen and oxygen atoms in total. The molecular formula is C17H23FN2O. The molecule has 1 saturated heterocycles. The van der Waals surface area contributed by atoms with Crippen LogP contribution in [-0.4, -0.2) is 24.5 Å². The minimum absolute atomic E-state index is 0.00833. The molecule has 2 fully saturated rings. The Labute approximate surface area is 125 Å². The first-order valence-electron chi connectivity index (χ1n) is 7.97. The first-order chi connectivity index (χ1) is 10.1. The molecule has 1 amide bonds. The number of hydrogen-bond acceptors (Lipinski definition) is 2. The van der Waals surface area contributed by atoms with Crippen molar-refractivity contribution in [3.8, 4) is 0 Å². The van der Waals surface area contributed by atoms with Gasteiger partial charge in [-0.3, -0.25) is 4.79 Å². The quantitative estimate of drug-likeness (QED) is 0.903. The molecule has 2 aliphatic rings. The maximum Gasteiger partial charge on any atom is 0.244 e. The van der Waals surface area contributed by atoms with Crippen molar-refractivity contribution in [1.29, 1.82) is 0 Å². The van der Waals surface area contributed by atoms with Gasteiger partial charge in [0.25, 0.3) is 0 Å². The van der Waals surface area contributed by atoms with Gasteiger partial charge < -0.3 is 10.2 Å². The van der Waals surface area contributed by atoms with E-state index in [2.05, 4.69) is 12.2 Å². The van der Waals surface area contributed by atoms with Crippen molar-refractivity contribution in [2.75, 3.05) is 11.4 Å². The lowest BCUT2D eigenvalue weighted by molar-refractivity contribution is -0.122. The number of para-hydroxylation sites is 1. The summed E-state index contributed by atoms with van der Waals surface area (Å²) in [6.07, 6.45) is 5.55. The van der Waals surface area contributed by atoms with Crippen LogP contribution in [0.4, 0.5) is 10.1 Å². The molecule has 0 unspecified atom stereocenters. The number of rotatable bonds is 5. The van der Waals surface area contributed by atoms with E-state index in [-0.39, 0.29) is 17.8 Å². The van der Waals surface area contributed by atoms with Crippen molar-refractivity contribution >= 4 is 11.6 Å². The van der Waals surface area contributed by atoms with Gasteiger partial charge in [0.1, 0.15) is 5.82 Å². The van der Waals surface area contributed by atoms with Crippen LogP contribution < -0.4 is 10.2 Å². The van der Waals surface area contributed by atoms with Gasteiger partial charge in [0.15, 0.2) is 0 Å². The van der Waals surface area contributed by atoms with Crippen LogP contribution in [0.5, 0.6) is 0 Å². The van der Waals surface area contributed by atoms with E-state index in [1.54, 1.807) is 23.1 Å². The van der Waals surface area contributed by atoms with Crippen LogP contribution in [-0.2, 0) is 4.79 Å². The maximum absolute atomic E-state index is 13.9. The molecule has 0 radical (unpaired) electrons. The molecule has 1 aliphatic heterocycles. The summed E-state index contributed by atoms with van der Waals surface area (Å²) in [6.45, 7) is 2.75. The first kappa shape index (κ1) is 14.5. The number of piperidine rings is 1. The summed E-state index contributed by atoms with van der Waals surface area (Å²) in [5, 5.41) is 3.45. The van der Waals surface area contributed by atoms with Gasteiger partial charge in [0.2, 0.25) is 5.91 Å². The van der Waals surface area contributed by atoms with Crippen LogP contribution in [0.3, 0.4) is 0 Å². The minimum atomic E-state index is -0.322. The fraction of sp³-hybridized carbons (Fsp3) is 0.588. The van der Waals surface area contributed by atoms with E-state index in [9.17, 15) is 9.18 Å². The zero-order valence-corrected chi connectivity index (χ0v) is 12.5. The van der Waals surface area contributed by atoms with Gasteiger partial charge in [0.05, 0.1) is 11.7 Å². The van der Waals surface area contributed by atoms with Crippen molar-refractivity contribution in [3.63, 3.8) is 0 Å². The Morgan fingerprint density at radius 3 is 2.81 bits per heavy atom. The van der Waals surface area contributed by atoms with Crippen molar-refractivity contribution in [3.05, 3.63) is 30.1 Å². The molecule has 0 aromatic heterocycles. The number of carbonyl (C=O) groups is 1. The number of anilines is 1. The van der Waals surface area contributed by atoms with Gasteiger partial charge in [-0.2, -0.15) is 0 Å². The second kappa shape index (κ2) is 6.14. The molecule has 1 N–H and O–H groups in total. The third-order valence-corrected chi connectivity index (χ3v) is 4.45. The Hall–Kier alpha value is -1.42. The fourth-order valence-corrected chi connectivity index (χ4v) is 3.20. The Balaban J connectivity index is 1.66. The number of carbonyl (C=O) groups excluding carboxylic acids is 1. The predicted octanol–water partition coefficient (Wildman–Crippen LogP) is 3.10. The lowest BCUT2D eigenvalue weighted by atomic mass is 10.0. The standard InChI is InChI=1S/C17H23FN2O/c1-12(11-13-8-9-13)19-15-6-4-10-20(17(15)21)16-7-3-2-5-14(16)18/h2-3,5,7,12-13,15,19H,4,6,8-11H2,1H3/t12-,15+/m0/s1. The smallest absolute Gasteiger partial charge is 0.244 e. The van der Waals surface area contributed by atoms with Gasteiger partial charge in [-0.25, -0.2) is 4.39 Å².